The minimum atomic E-state index is -0.389. The van der Waals surface area contributed by atoms with Crippen LogP contribution in [0.1, 0.15) is 11.1 Å². The van der Waals surface area contributed by atoms with Crippen LogP contribution in [0.5, 0.6) is 0 Å². The largest absolute Gasteiger partial charge is 0.341 e. The summed E-state index contributed by atoms with van der Waals surface area (Å²) in [5.41, 5.74) is 4.06. The van der Waals surface area contributed by atoms with Crippen molar-refractivity contribution >= 4 is 28.7 Å². The van der Waals surface area contributed by atoms with E-state index in [-0.39, 0.29) is 16.5 Å². The van der Waals surface area contributed by atoms with Gasteiger partial charge in [-0.3, -0.25) is 10.1 Å². The van der Waals surface area contributed by atoms with E-state index in [1.807, 2.05) is 18.2 Å². The molecule has 4 nitrogen and oxygen atoms in total. The van der Waals surface area contributed by atoms with Gasteiger partial charge in [-0.05, 0) is 30.2 Å². The Balaban J connectivity index is 2.02. The Labute approximate surface area is 121 Å². The van der Waals surface area contributed by atoms with E-state index < -0.39 is 0 Å². The average molecular weight is 289 g/mol. The maximum absolute atomic E-state index is 10.9. The number of nitrogens with zero attached hydrogens (tertiary/aromatic N) is 2. The standard InChI is InChI=1S/C15H13ClN2O2/c16-10-12-9-13(5-6-15(12)18(19)20)17-8-7-11-3-1-2-4-14(11)17/h1-6,9H,7-8,10H2. The molecule has 0 aromatic heterocycles. The molecule has 0 fully saturated rings. The number of rotatable bonds is 3. The lowest BCUT2D eigenvalue weighted by molar-refractivity contribution is -0.385. The van der Waals surface area contributed by atoms with Gasteiger partial charge in [0.25, 0.3) is 5.69 Å². The molecule has 102 valence electrons. The van der Waals surface area contributed by atoms with Crippen molar-refractivity contribution in [1.29, 1.82) is 0 Å². The van der Waals surface area contributed by atoms with Crippen LogP contribution >= 0.6 is 11.6 Å². The van der Waals surface area contributed by atoms with E-state index in [0.717, 1.165) is 18.7 Å². The molecule has 0 bridgehead atoms. The Morgan fingerprint density at radius 1 is 1.25 bits per heavy atom. The highest BCUT2D eigenvalue weighted by Gasteiger charge is 2.22. The van der Waals surface area contributed by atoms with Crippen LogP contribution in [0.2, 0.25) is 0 Å². The molecule has 0 saturated carbocycles. The molecule has 1 heterocycles. The highest BCUT2D eigenvalue weighted by atomic mass is 35.5. The number of hydrogen-bond donors (Lipinski definition) is 0. The van der Waals surface area contributed by atoms with Crippen molar-refractivity contribution < 1.29 is 4.92 Å². The van der Waals surface area contributed by atoms with E-state index in [1.54, 1.807) is 6.07 Å². The number of nitro groups is 1. The third-order valence-corrected chi connectivity index (χ3v) is 3.89. The second-order valence-corrected chi connectivity index (χ2v) is 5.00. The first kappa shape index (κ1) is 12.9. The van der Waals surface area contributed by atoms with E-state index >= 15 is 0 Å². The fraction of sp³-hybridized carbons (Fsp3) is 0.200. The van der Waals surface area contributed by atoms with Crippen LogP contribution in [-0.4, -0.2) is 11.5 Å². The Kier molecular flexibility index (Phi) is 3.32. The highest BCUT2D eigenvalue weighted by Crippen LogP contribution is 2.36. The van der Waals surface area contributed by atoms with Gasteiger partial charge in [-0.15, -0.1) is 11.6 Å². The van der Waals surface area contributed by atoms with Crippen LogP contribution in [0.25, 0.3) is 0 Å². The maximum atomic E-state index is 10.9. The van der Waals surface area contributed by atoms with E-state index in [2.05, 4.69) is 17.0 Å². The molecule has 2 aromatic carbocycles. The van der Waals surface area contributed by atoms with Gasteiger partial charge >= 0.3 is 0 Å². The molecule has 0 N–H and O–H groups in total. The first-order valence-corrected chi connectivity index (χ1v) is 6.93. The zero-order chi connectivity index (χ0) is 14.1. The monoisotopic (exact) mass is 288 g/mol. The van der Waals surface area contributed by atoms with Gasteiger partial charge in [-0.25, -0.2) is 0 Å². The number of benzene rings is 2. The minimum Gasteiger partial charge on any atom is -0.341 e. The Morgan fingerprint density at radius 3 is 2.80 bits per heavy atom. The van der Waals surface area contributed by atoms with Crippen LogP contribution < -0.4 is 4.90 Å². The van der Waals surface area contributed by atoms with Crippen molar-refractivity contribution in [1.82, 2.24) is 0 Å². The third-order valence-electron chi connectivity index (χ3n) is 3.60. The quantitative estimate of drug-likeness (QED) is 0.487. The van der Waals surface area contributed by atoms with E-state index in [0.29, 0.717) is 5.56 Å². The van der Waals surface area contributed by atoms with Gasteiger partial charge in [0.15, 0.2) is 0 Å². The van der Waals surface area contributed by atoms with Crippen LogP contribution in [0.15, 0.2) is 42.5 Å². The average Bonchev–Trinajstić information content (AvgIpc) is 2.90. The molecule has 0 spiro atoms. The fourth-order valence-corrected chi connectivity index (χ4v) is 2.85. The summed E-state index contributed by atoms with van der Waals surface area (Å²) in [5.74, 6) is 0.139. The van der Waals surface area contributed by atoms with Crippen LogP contribution in [0, 0.1) is 10.1 Å². The maximum Gasteiger partial charge on any atom is 0.273 e. The molecule has 0 amide bonds. The number of anilines is 2. The van der Waals surface area contributed by atoms with Crippen molar-refractivity contribution in [2.45, 2.75) is 12.3 Å². The molecule has 0 unspecified atom stereocenters. The van der Waals surface area contributed by atoms with E-state index in [1.165, 1.54) is 17.3 Å². The number of fused-ring (bicyclic) bond motifs is 1. The minimum absolute atomic E-state index is 0.0798. The second kappa shape index (κ2) is 5.13. The summed E-state index contributed by atoms with van der Waals surface area (Å²) < 4.78 is 0. The summed E-state index contributed by atoms with van der Waals surface area (Å²) in [5, 5.41) is 10.9. The summed E-state index contributed by atoms with van der Waals surface area (Å²) >= 11 is 5.83. The number of alkyl halides is 1. The van der Waals surface area contributed by atoms with Crippen molar-refractivity contribution in [3.8, 4) is 0 Å². The predicted octanol–water partition coefficient (Wildman–Crippen LogP) is 4.03. The van der Waals surface area contributed by atoms with Gasteiger partial charge in [0.05, 0.1) is 10.8 Å². The molecule has 0 aliphatic carbocycles. The molecule has 5 heteroatoms. The number of hydrogen-bond acceptors (Lipinski definition) is 3. The molecular weight excluding hydrogens is 276 g/mol. The Hall–Kier alpha value is -2.07. The highest BCUT2D eigenvalue weighted by molar-refractivity contribution is 6.17. The molecule has 1 aliphatic heterocycles. The number of para-hydroxylation sites is 1. The SMILES string of the molecule is O=[N+]([O-])c1ccc(N2CCc3ccccc32)cc1CCl. The zero-order valence-electron chi connectivity index (χ0n) is 10.8. The third kappa shape index (κ3) is 2.12. The predicted molar refractivity (Wildman–Crippen MR) is 79.8 cm³/mol. The van der Waals surface area contributed by atoms with E-state index in [4.69, 9.17) is 11.6 Å². The molecule has 0 atom stereocenters. The first-order valence-electron chi connectivity index (χ1n) is 6.39. The molecule has 1 aliphatic rings. The van der Waals surface area contributed by atoms with Gasteiger partial charge in [0, 0.05) is 29.5 Å². The second-order valence-electron chi connectivity index (χ2n) is 4.73. The van der Waals surface area contributed by atoms with Gasteiger partial charge in [0.1, 0.15) is 0 Å². The van der Waals surface area contributed by atoms with Crippen LogP contribution in [0.3, 0.4) is 0 Å². The lowest BCUT2D eigenvalue weighted by atomic mass is 10.1. The van der Waals surface area contributed by atoms with Crippen molar-refractivity contribution in [3.05, 3.63) is 63.7 Å². The molecule has 2 aromatic rings. The van der Waals surface area contributed by atoms with Crippen molar-refractivity contribution in [2.24, 2.45) is 0 Å². The number of halogens is 1. The smallest absolute Gasteiger partial charge is 0.273 e. The molecule has 20 heavy (non-hydrogen) atoms. The summed E-state index contributed by atoms with van der Waals surface area (Å²) in [4.78, 5) is 12.7. The van der Waals surface area contributed by atoms with Crippen molar-refractivity contribution in [3.63, 3.8) is 0 Å². The summed E-state index contributed by atoms with van der Waals surface area (Å²) in [6.45, 7) is 0.888. The number of nitro benzene ring substituents is 1. The lowest BCUT2D eigenvalue weighted by Gasteiger charge is -2.20. The topological polar surface area (TPSA) is 46.4 Å². The summed E-state index contributed by atoms with van der Waals surface area (Å²) in [6, 6.07) is 13.4. The van der Waals surface area contributed by atoms with Gasteiger partial charge < -0.3 is 4.90 Å². The summed E-state index contributed by atoms with van der Waals surface area (Å²) in [6.07, 6.45) is 0.989. The van der Waals surface area contributed by atoms with Crippen LogP contribution in [-0.2, 0) is 12.3 Å². The molecule has 0 saturated heterocycles. The Bertz CT molecular complexity index is 673. The Morgan fingerprint density at radius 2 is 2.05 bits per heavy atom. The summed E-state index contributed by atoms with van der Waals surface area (Å²) in [7, 11) is 0. The van der Waals surface area contributed by atoms with Crippen molar-refractivity contribution in [2.75, 3.05) is 11.4 Å². The fourth-order valence-electron chi connectivity index (χ4n) is 2.63. The van der Waals surface area contributed by atoms with Gasteiger partial charge in [0.2, 0.25) is 0 Å². The molecule has 0 radical (unpaired) electrons. The van der Waals surface area contributed by atoms with Gasteiger partial charge in [-0.1, -0.05) is 18.2 Å². The van der Waals surface area contributed by atoms with E-state index in [9.17, 15) is 10.1 Å². The molecular formula is C15H13ClN2O2. The zero-order valence-corrected chi connectivity index (χ0v) is 11.5. The first-order chi connectivity index (χ1) is 9.70. The van der Waals surface area contributed by atoms with Gasteiger partial charge in [-0.2, -0.15) is 0 Å². The molecule has 3 rings (SSSR count). The lowest BCUT2D eigenvalue weighted by Crippen LogP contribution is -2.13. The van der Waals surface area contributed by atoms with Crippen LogP contribution in [0.4, 0.5) is 17.1 Å². The normalized spacial score (nSPS) is 13.3.